The van der Waals surface area contributed by atoms with Crippen molar-refractivity contribution in [3.63, 3.8) is 0 Å². The fourth-order valence-electron chi connectivity index (χ4n) is 4.39. The second-order valence-corrected chi connectivity index (χ2v) is 8.09. The first-order valence-corrected chi connectivity index (χ1v) is 10.2. The molecule has 0 atom stereocenters. The van der Waals surface area contributed by atoms with Gasteiger partial charge in [-0.05, 0) is 26.0 Å². The summed E-state index contributed by atoms with van der Waals surface area (Å²) in [4.78, 5) is 34.0. The van der Waals surface area contributed by atoms with Crippen LogP contribution in [-0.2, 0) is 6.54 Å². The van der Waals surface area contributed by atoms with Gasteiger partial charge in [0.25, 0.3) is 5.91 Å². The second kappa shape index (κ2) is 6.71. The van der Waals surface area contributed by atoms with Crippen molar-refractivity contribution in [3.05, 3.63) is 40.8 Å². The molecule has 2 amide bonds. The monoisotopic (exact) mass is 437 g/mol. The van der Waals surface area contributed by atoms with Gasteiger partial charge in [0.15, 0.2) is 0 Å². The largest absolute Gasteiger partial charge is 0.383 e. The summed E-state index contributed by atoms with van der Waals surface area (Å²) in [6.45, 7) is 4.35. The number of benzene rings is 1. The Labute approximate surface area is 182 Å². The van der Waals surface area contributed by atoms with Gasteiger partial charge in [-0.1, -0.05) is 17.7 Å². The SMILES string of the molecule is CNC(=O)c1ccc2c(Cl)c3n(c2c1)C(=O)NCc1c-3c2c(N)ncnc2n1C(C)C. The van der Waals surface area contributed by atoms with Crippen LogP contribution >= 0.6 is 11.6 Å². The number of anilines is 1. The second-order valence-electron chi connectivity index (χ2n) is 7.71. The molecule has 1 aliphatic rings. The molecule has 0 saturated carbocycles. The Bertz CT molecular complexity index is 1420. The number of nitrogens with zero attached hydrogens (tertiary/aromatic N) is 4. The molecule has 4 heterocycles. The zero-order valence-electron chi connectivity index (χ0n) is 17.2. The van der Waals surface area contributed by atoms with E-state index in [-0.39, 0.29) is 24.5 Å². The molecule has 0 radical (unpaired) electrons. The summed E-state index contributed by atoms with van der Waals surface area (Å²) in [5.41, 5.74) is 10.0. The Balaban J connectivity index is 1.97. The number of hydrogen-bond acceptors (Lipinski definition) is 5. The summed E-state index contributed by atoms with van der Waals surface area (Å²) in [6.07, 6.45) is 1.43. The normalized spacial score (nSPS) is 13.3. The Kier molecular flexibility index (Phi) is 4.19. The number of nitrogen functional groups attached to an aromatic ring is 1. The van der Waals surface area contributed by atoms with E-state index in [1.54, 1.807) is 25.2 Å². The number of nitrogens with one attached hydrogen (secondary N) is 2. The first-order valence-electron chi connectivity index (χ1n) is 9.83. The van der Waals surface area contributed by atoms with Gasteiger partial charge in [0.2, 0.25) is 0 Å². The highest BCUT2D eigenvalue weighted by Gasteiger charge is 2.33. The first-order chi connectivity index (χ1) is 14.8. The lowest BCUT2D eigenvalue weighted by Crippen LogP contribution is -2.27. The van der Waals surface area contributed by atoms with E-state index in [0.717, 1.165) is 11.3 Å². The number of carbonyl (C=O) groups excluding carboxylic acids is 2. The quantitative estimate of drug-likeness (QED) is 0.444. The van der Waals surface area contributed by atoms with E-state index in [4.69, 9.17) is 17.3 Å². The number of hydrogen-bond donors (Lipinski definition) is 3. The molecule has 4 aromatic rings. The minimum absolute atomic E-state index is 0.0620. The standard InChI is InChI=1S/C21H20ClN7O2/c1-9(2)28-13-7-25-21(31)29-12-6-10(20(30)24-3)4-5-11(12)16(22)17(29)14(13)15-18(23)26-8-27-19(15)28/h4-6,8-9H,7H2,1-3H3,(H,24,30)(H,25,31)(H2,23,26,27). The van der Waals surface area contributed by atoms with Crippen LogP contribution in [0.25, 0.3) is 33.2 Å². The van der Waals surface area contributed by atoms with Crippen LogP contribution in [0.4, 0.5) is 10.6 Å². The number of halogens is 1. The van der Waals surface area contributed by atoms with Gasteiger partial charge in [-0.15, -0.1) is 0 Å². The molecular weight excluding hydrogens is 418 g/mol. The molecule has 0 saturated heterocycles. The van der Waals surface area contributed by atoms with E-state index < -0.39 is 0 Å². The third-order valence-electron chi connectivity index (χ3n) is 5.67. The highest BCUT2D eigenvalue weighted by atomic mass is 35.5. The zero-order valence-corrected chi connectivity index (χ0v) is 17.9. The molecule has 0 bridgehead atoms. The number of rotatable bonds is 2. The highest BCUT2D eigenvalue weighted by molar-refractivity contribution is 6.40. The third kappa shape index (κ3) is 2.56. The van der Waals surface area contributed by atoms with Crippen LogP contribution in [0.15, 0.2) is 24.5 Å². The lowest BCUT2D eigenvalue weighted by Gasteiger charge is -2.14. The van der Waals surface area contributed by atoms with Crippen molar-refractivity contribution in [1.82, 2.24) is 29.7 Å². The molecule has 4 N–H and O–H groups in total. The minimum atomic E-state index is -0.337. The Morgan fingerprint density at radius 3 is 2.81 bits per heavy atom. The van der Waals surface area contributed by atoms with Crippen molar-refractivity contribution >= 4 is 51.3 Å². The molecule has 1 aromatic carbocycles. The van der Waals surface area contributed by atoms with Crippen LogP contribution in [-0.4, -0.2) is 38.1 Å². The molecular formula is C21H20ClN7O2. The molecule has 0 fully saturated rings. The van der Waals surface area contributed by atoms with Crippen molar-refractivity contribution in [2.24, 2.45) is 0 Å². The van der Waals surface area contributed by atoms with Crippen molar-refractivity contribution in [2.75, 3.05) is 12.8 Å². The number of amides is 2. The minimum Gasteiger partial charge on any atom is -0.383 e. The highest BCUT2D eigenvalue weighted by Crippen LogP contribution is 2.46. The lowest BCUT2D eigenvalue weighted by molar-refractivity contribution is 0.0963. The van der Waals surface area contributed by atoms with Crippen LogP contribution in [0.3, 0.4) is 0 Å². The summed E-state index contributed by atoms with van der Waals surface area (Å²) in [5.74, 6) is 0.0614. The van der Waals surface area contributed by atoms with Crippen molar-refractivity contribution in [1.29, 1.82) is 0 Å². The summed E-state index contributed by atoms with van der Waals surface area (Å²) in [5, 5.41) is 7.28. The number of carbonyl (C=O) groups is 2. The fraction of sp³-hybridized carbons (Fsp3) is 0.238. The van der Waals surface area contributed by atoms with E-state index in [1.165, 1.54) is 10.9 Å². The van der Waals surface area contributed by atoms with Gasteiger partial charge in [0.1, 0.15) is 17.8 Å². The van der Waals surface area contributed by atoms with Crippen molar-refractivity contribution < 1.29 is 9.59 Å². The van der Waals surface area contributed by atoms with Crippen LogP contribution in [0.2, 0.25) is 5.02 Å². The smallest absolute Gasteiger partial charge is 0.326 e. The first kappa shape index (κ1) is 19.4. The molecule has 158 valence electrons. The molecule has 0 aliphatic carbocycles. The van der Waals surface area contributed by atoms with E-state index in [9.17, 15) is 9.59 Å². The van der Waals surface area contributed by atoms with E-state index in [1.807, 2.05) is 18.4 Å². The van der Waals surface area contributed by atoms with Gasteiger partial charge in [-0.3, -0.25) is 9.36 Å². The predicted octanol–water partition coefficient (Wildman–Crippen LogP) is 3.30. The van der Waals surface area contributed by atoms with Gasteiger partial charge in [0, 0.05) is 35.3 Å². The maximum absolute atomic E-state index is 13.2. The van der Waals surface area contributed by atoms with Gasteiger partial charge in [-0.25, -0.2) is 14.8 Å². The van der Waals surface area contributed by atoms with Crippen LogP contribution in [0, 0.1) is 0 Å². The molecule has 10 heteroatoms. The van der Waals surface area contributed by atoms with Crippen LogP contribution in [0.1, 0.15) is 35.9 Å². The van der Waals surface area contributed by atoms with Gasteiger partial charge < -0.3 is 20.9 Å². The van der Waals surface area contributed by atoms with E-state index >= 15 is 0 Å². The average molecular weight is 438 g/mol. The van der Waals surface area contributed by atoms with Gasteiger partial charge in [0.05, 0.1) is 28.2 Å². The topological polar surface area (TPSA) is 120 Å². The van der Waals surface area contributed by atoms with Crippen molar-refractivity contribution in [2.45, 2.75) is 26.4 Å². The van der Waals surface area contributed by atoms with Crippen molar-refractivity contribution in [3.8, 4) is 11.3 Å². The number of aromatic nitrogens is 4. The fourth-order valence-corrected chi connectivity index (χ4v) is 4.73. The molecule has 0 spiro atoms. The molecule has 0 unspecified atom stereocenters. The lowest BCUT2D eigenvalue weighted by atomic mass is 10.1. The number of nitrogens with two attached hydrogens (primary N) is 1. The molecule has 1 aliphatic heterocycles. The summed E-state index contributed by atoms with van der Waals surface area (Å²) >= 11 is 6.86. The van der Waals surface area contributed by atoms with Crippen LogP contribution in [0.5, 0.6) is 0 Å². The third-order valence-corrected chi connectivity index (χ3v) is 6.06. The Morgan fingerprint density at radius 2 is 2.10 bits per heavy atom. The Morgan fingerprint density at radius 1 is 1.32 bits per heavy atom. The summed E-state index contributed by atoms with van der Waals surface area (Å²) < 4.78 is 3.55. The summed E-state index contributed by atoms with van der Waals surface area (Å²) in [6, 6.07) is 4.82. The van der Waals surface area contributed by atoms with Gasteiger partial charge in [-0.2, -0.15) is 0 Å². The number of fused-ring (bicyclic) bond motifs is 7. The van der Waals surface area contributed by atoms with Gasteiger partial charge >= 0.3 is 6.03 Å². The average Bonchev–Trinajstić information content (AvgIpc) is 3.18. The summed E-state index contributed by atoms with van der Waals surface area (Å²) in [7, 11) is 1.56. The maximum Gasteiger partial charge on any atom is 0.326 e. The molecule has 3 aromatic heterocycles. The van der Waals surface area contributed by atoms with E-state index in [0.29, 0.717) is 44.0 Å². The predicted molar refractivity (Wildman–Crippen MR) is 119 cm³/mol. The molecule has 9 nitrogen and oxygen atoms in total. The molecule has 5 rings (SSSR count). The Hall–Kier alpha value is -3.59. The molecule has 31 heavy (non-hydrogen) atoms. The van der Waals surface area contributed by atoms with Crippen LogP contribution < -0.4 is 16.4 Å². The van der Waals surface area contributed by atoms with E-state index in [2.05, 4.69) is 20.6 Å². The maximum atomic E-state index is 13.2. The zero-order chi connectivity index (χ0) is 22.0.